The summed E-state index contributed by atoms with van der Waals surface area (Å²) < 4.78 is 50.5. The monoisotopic (exact) mass is 587 g/mol. The Hall–Kier alpha value is -3.68. The normalized spacial score (nSPS) is 20.4. The van der Waals surface area contributed by atoms with Gasteiger partial charge in [0.25, 0.3) is 5.56 Å². The van der Waals surface area contributed by atoms with E-state index in [4.69, 9.17) is 4.74 Å². The Balaban J connectivity index is 1.30. The summed E-state index contributed by atoms with van der Waals surface area (Å²) in [7, 11) is 0. The lowest BCUT2D eigenvalue weighted by Gasteiger charge is -2.37. The Morgan fingerprint density at radius 1 is 1.02 bits per heavy atom. The van der Waals surface area contributed by atoms with Gasteiger partial charge in [0.05, 0.1) is 41.1 Å². The van der Waals surface area contributed by atoms with Crippen molar-refractivity contribution in [2.24, 2.45) is 0 Å². The highest BCUT2D eigenvalue weighted by Gasteiger charge is 2.54. The van der Waals surface area contributed by atoms with Crippen molar-refractivity contribution in [2.75, 3.05) is 49.6 Å². The Morgan fingerprint density at radius 3 is 2.38 bits per heavy atom. The van der Waals surface area contributed by atoms with Crippen molar-refractivity contribution in [1.29, 1.82) is 0 Å². The number of alkyl halides is 3. The predicted molar refractivity (Wildman–Crippen MR) is 149 cm³/mol. The number of benzene rings is 2. The highest BCUT2D eigenvalue weighted by Crippen LogP contribution is 2.44. The second kappa shape index (κ2) is 10.5. The van der Waals surface area contributed by atoms with Gasteiger partial charge < -0.3 is 24.8 Å². The average Bonchev–Trinajstić information content (AvgIpc) is 3.76. The number of carbonyl (C=O) groups excluding carboxylic acids is 1. The Morgan fingerprint density at radius 2 is 1.71 bits per heavy atom. The van der Waals surface area contributed by atoms with Crippen LogP contribution in [0.15, 0.2) is 47.5 Å². The summed E-state index contributed by atoms with van der Waals surface area (Å²) in [6.07, 6.45) is -1.24. The Bertz CT molecular complexity index is 1550. The number of ether oxygens (including phenoxy) is 2. The lowest BCUT2D eigenvalue weighted by Crippen LogP contribution is -2.51. The number of halogens is 3. The molecule has 1 aliphatic carbocycles. The number of aliphatic hydroxyl groups is 1. The van der Waals surface area contributed by atoms with Gasteiger partial charge in [0, 0.05) is 31.9 Å². The fourth-order valence-corrected chi connectivity index (χ4v) is 5.75. The molecule has 2 saturated heterocycles. The molecule has 1 aromatic heterocycles. The van der Waals surface area contributed by atoms with Gasteiger partial charge in [0.2, 0.25) is 5.91 Å². The molecule has 0 unspecified atom stereocenters. The molecule has 6 rings (SSSR count). The highest BCUT2D eigenvalue weighted by atomic mass is 19.4. The maximum Gasteiger partial charge on any atom is 0.573 e. The third-order valence-corrected chi connectivity index (χ3v) is 8.43. The lowest BCUT2D eigenvalue weighted by atomic mass is 9.93. The first-order valence-electron chi connectivity index (χ1n) is 14.0. The van der Waals surface area contributed by atoms with E-state index in [1.54, 1.807) is 6.07 Å². The average molecular weight is 588 g/mol. The van der Waals surface area contributed by atoms with Crippen molar-refractivity contribution in [1.82, 2.24) is 14.5 Å². The number of morpholine rings is 1. The van der Waals surface area contributed by atoms with Gasteiger partial charge in [-0.2, -0.15) is 0 Å². The van der Waals surface area contributed by atoms with E-state index < -0.39 is 34.7 Å². The molecule has 0 atom stereocenters. The zero-order chi connectivity index (χ0) is 29.7. The third-order valence-electron chi connectivity index (χ3n) is 8.43. The van der Waals surface area contributed by atoms with Crippen LogP contribution < -0.4 is 20.5 Å². The second-order valence-electron chi connectivity index (χ2n) is 11.4. The summed E-state index contributed by atoms with van der Waals surface area (Å²) in [5, 5.41) is 13.2. The van der Waals surface area contributed by atoms with E-state index >= 15 is 0 Å². The summed E-state index contributed by atoms with van der Waals surface area (Å²) in [5.41, 5.74) is -0.538. The molecular formula is C29H32F3N5O5. The van der Waals surface area contributed by atoms with Gasteiger partial charge in [0.1, 0.15) is 11.9 Å². The van der Waals surface area contributed by atoms with Gasteiger partial charge in [0.15, 0.2) is 5.75 Å². The molecule has 0 bridgehead atoms. The fraction of sp³-hybridized carbons (Fsp3) is 0.483. The molecule has 224 valence electrons. The zero-order valence-electron chi connectivity index (χ0n) is 23.1. The van der Waals surface area contributed by atoms with Gasteiger partial charge in [-0.25, -0.2) is 4.98 Å². The summed E-state index contributed by atoms with van der Waals surface area (Å²) in [4.78, 5) is 35.4. The summed E-state index contributed by atoms with van der Waals surface area (Å²) in [5.74, 6) is -1.01. The minimum absolute atomic E-state index is 0.197. The van der Waals surface area contributed by atoms with Crippen LogP contribution >= 0.6 is 0 Å². The minimum Gasteiger partial charge on any atom is -0.404 e. The van der Waals surface area contributed by atoms with Crippen LogP contribution in [0.25, 0.3) is 16.6 Å². The topological polar surface area (TPSA) is 109 Å². The van der Waals surface area contributed by atoms with Crippen LogP contribution in [0.3, 0.4) is 0 Å². The predicted octanol–water partition coefficient (Wildman–Crippen LogP) is 3.44. The SMILES string of the molecule is CC1(O)CCN(c2ccc3c(=O)n(-c4ccc(OC(F)(F)F)c(NC(=O)C5(N6CCOCC6)CC5)c4)cnc3c2)CC1. The number of rotatable bonds is 6. The Kier molecular flexibility index (Phi) is 7.14. The van der Waals surface area contributed by atoms with Gasteiger partial charge in [-0.3, -0.25) is 19.1 Å². The van der Waals surface area contributed by atoms with Crippen LogP contribution in [0, 0.1) is 0 Å². The first-order valence-corrected chi connectivity index (χ1v) is 14.0. The molecule has 0 radical (unpaired) electrons. The van der Waals surface area contributed by atoms with Crippen molar-refractivity contribution in [3.05, 3.63) is 53.1 Å². The van der Waals surface area contributed by atoms with E-state index in [1.807, 2.05) is 24.0 Å². The largest absolute Gasteiger partial charge is 0.573 e. The number of piperidine rings is 1. The van der Waals surface area contributed by atoms with Crippen LogP contribution in [0.2, 0.25) is 0 Å². The molecule has 3 fully saturated rings. The molecule has 1 amide bonds. The molecule has 42 heavy (non-hydrogen) atoms. The van der Waals surface area contributed by atoms with E-state index in [2.05, 4.69) is 19.9 Å². The zero-order valence-corrected chi connectivity index (χ0v) is 23.1. The number of hydrogen-bond donors (Lipinski definition) is 2. The van der Waals surface area contributed by atoms with Crippen LogP contribution in [0.4, 0.5) is 24.5 Å². The van der Waals surface area contributed by atoms with Crippen molar-refractivity contribution in [2.45, 2.75) is 50.1 Å². The van der Waals surface area contributed by atoms with Gasteiger partial charge in [-0.1, -0.05) is 0 Å². The van der Waals surface area contributed by atoms with Crippen LogP contribution in [-0.2, 0) is 9.53 Å². The molecule has 3 aliphatic rings. The number of nitrogens with zero attached hydrogens (tertiary/aromatic N) is 4. The minimum atomic E-state index is -4.98. The first kappa shape index (κ1) is 28.4. The molecule has 3 aromatic rings. The van der Waals surface area contributed by atoms with Crippen molar-refractivity contribution in [3.63, 3.8) is 0 Å². The summed E-state index contributed by atoms with van der Waals surface area (Å²) >= 11 is 0. The number of hydrogen-bond acceptors (Lipinski definition) is 8. The third kappa shape index (κ3) is 5.68. The molecular weight excluding hydrogens is 555 g/mol. The van der Waals surface area contributed by atoms with Crippen molar-refractivity contribution in [3.8, 4) is 11.4 Å². The van der Waals surface area contributed by atoms with Crippen LogP contribution in [0.1, 0.15) is 32.6 Å². The molecule has 1 saturated carbocycles. The van der Waals surface area contributed by atoms with Gasteiger partial charge in [-0.15, -0.1) is 13.2 Å². The van der Waals surface area contributed by atoms with E-state index in [0.717, 1.165) is 11.8 Å². The quantitative estimate of drug-likeness (QED) is 0.452. The smallest absolute Gasteiger partial charge is 0.404 e. The van der Waals surface area contributed by atoms with Crippen LogP contribution in [0.5, 0.6) is 5.75 Å². The molecule has 2 N–H and O–H groups in total. The standard InChI is InChI=1S/C29H32F3N5O5/c1-27(40)8-10-35(11-9-27)19-2-4-21-22(16-19)33-18-37(25(21)38)20-3-5-24(42-29(30,31)32)23(17-20)34-26(39)28(6-7-28)36-12-14-41-15-13-36/h2-5,16-18,40H,6-15H2,1H3,(H,34,39). The number of fused-ring (bicyclic) bond motifs is 1. The number of aromatic nitrogens is 2. The molecule has 2 aliphatic heterocycles. The highest BCUT2D eigenvalue weighted by molar-refractivity contribution is 6.01. The van der Waals surface area contributed by atoms with E-state index in [1.165, 1.54) is 23.0 Å². The maximum atomic E-state index is 13.5. The van der Waals surface area contributed by atoms with E-state index in [9.17, 15) is 27.9 Å². The van der Waals surface area contributed by atoms with Crippen molar-refractivity contribution >= 4 is 28.2 Å². The summed E-state index contributed by atoms with van der Waals surface area (Å²) in [6, 6.07) is 8.99. The van der Waals surface area contributed by atoms with Crippen molar-refractivity contribution < 1.29 is 32.5 Å². The fourth-order valence-electron chi connectivity index (χ4n) is 5.75. The number of anilines is 2. The summed E-state index contributed by atoms with van der Waals surface area (Å²) in [6.45, 7) is 5.22. The number of amides is 1. The van der Waals surface area contributed by atoms with Gasteiger partial charge in [-0.05, 0) is 69.0 Å². The molecule has 3 heterocycles. The van der Waals surface area contributed by atoms with E-state index in [0.29, 0.717) is 76.0 Å². The molecule has 2 aromatic carbocycles. The van der Waals surface area contributed by atoms with Gasteiger partial charge >= 0.3 is 6.36 Å². The lowest BCUT2D eigenvalue weighted by molar-refractivity contribution is -0.274. The molecule has 13 heteroatoms. The number of nitrogens with one attached hydrogen (secondary N) is 1. The van der Waals surface area contributed by atoms with E-state index in [-0.39, 0.29) is 11.4 Å². The Labute approximate surface area is 239 Å². The number of carbonyl (C=O) groups is 1. The van der Waals surface area contributed by atoms with Crippen LogP contribution in [-0.4, -0.2) is 82.4 Å². The molecule has 0 spiro atoms. The first-order chi connectivity index (χ1) is 19.9. The maximum absolute atomic E-state index is 13.5. The second-order valence-corrected chi connectivity index (χ2v) is 11.4. The molecule has 10 nitrogen and oxygen atoms in total.